The van der Waals surface area contributed by atoms with Crippen LogP contribution >= 0.6 is 11.3 Å². The first-order valence-electron chi connectivity index (χ1n) is 5.35. The lowest BCUT2D eigenvalue weighted by molar-refractivity contribution is -0.690. The molecule has 0 unspecified atom stereocenters. The average Bonchev–Trinajstić information content (AvgIpc) is 2.78. The van der Waals surface area contributed by atoms with Gasteiger partial charge in [0, 0.05) is 18.0 Å². The lowest BCUT2D eigenvalue weighted by Gasteiger charge is -1.97. The lowest BCUT2D eigenvalue weighted by Crippen LogP contribution is -2.31. The Morgan fingerprint density at radius 3 is 2.88 bits per heavy atom. The number of anilines is 1. The van der Waals surface area contributed by atoms with Crippen LogP contribution in [0, 0.1) is 0 Å². The van der Waals surface area contributed by atoms with E-state index in [1.54, 1.807) is 11.3 Å². The molecule has 0 saturated carbocycles. The minimum Gasteiger partial charge on any atom is -0.361 e. The summed E-state index contributed by atoms with van der Waals surface area (Å²) in [4.78, 5) is 0. The van der Waals surface area contributed by atoms with Crippen LogP contribution in [0.25, 0.3) is 6.08 Å². The van der Waals surface area contributed by atoms with Crippen molar-refractivity contribution in [2.24, 2.45) is 0 Å². The van der Waals surface area contributed by atoms with E-state index in [2.05, 4.69) is 34.5 Å². The summed E-state index contributed by atoms with van der Waals surface area (Å²) < 4.78 is 2.22. The zero-order chi connectivity index (χ0) is 11.2. The van der Waals surface area contributed by atoms with Crippen molar-refractivity contribution in [3.8, 4) is 0 Å². The minimum atomic E-state index is 1.01. The third-order valence-corrected chi connectivity index (χ3v) is 3.17. The molecule has 3 heteroatoms. The van der Waals surface area contributed by atoms with Crippen LogP contribution < -0.4 is 9.88 Å². The summed E-state index contributed by atoms with van der Waals surface area (Å²) >= 11 is 1.75. The van der Waals surface area contributed by atoms with Crippen LogP contribution in [0.15, 0.2) is 48.1 Å². The van der Waals surface area contributed by atoms with Gasteiger partial charge in [0.1, 0.15) is 6.54 Å². The number of hydrogen-bond acceptors (Lipinski definition) is 2. The van der Waals surface area contributed by atoms with Crippen LogP contribution in [0.2, 0.25) is 0 Å². The number of aromatic nitrogens is 1. The monoisotopic (exact) mass is 231 g/mol. The van der Waals surface area contributed by atoms with Crippen molar-refractivity contribution in [1.82, 2.24) is 0 Å². The lowest BCUT2D eigenvalue weighted by atomic mass is 10.3. The van der Waals surface area contributed by atoms with Crippen LogP contribution in [0.1, 0.15) is 11.9 Å². The highest BCUT2D eigenvalue weighted by atomic mass is 32.1. The third kappa shape index (κ3) is 2.70. The van der Waals surface area contributed by atoms with Gasteiger partial charge < -0.3 is 5.32 Å². The van der Waals surface area contributed by atoms with Crippen molar-refractivity contribution in [3.05, 3.63) is 53.1 Å². The van der Waals surface area contributed by atoms with Crippen molar-refractivity contribution in [2.75, 3.05) is 5.32 Å². The van der Waals surface area contributed by atoms with Crippen LogP contribution in [-0.2, 0) is 6.54 Å². The average molecular weight is 231 g/mol. The SMILES string of the molecule is CC[n+]1ccsc1C=CNc1ccccc1. The van der Waals surface area contributed by atoms with E-state index in [1.807, 2.05) is 36.5 Å². The fraction of sp³-hybridized carbons (Fsp3) is 0.154. The molecule has 2 aromatic rings. The molecule has 2 rings (SSSR count). The maximum absolute atomic E-state index is 3.25. The van der Waals surface area contributed by atoms with Crippen LogP contribution in [0.3, 0.4) is 0 Å². The fourth-order valence-corrected chi connectivity index (χ4v) is 2.27. The van der Waals surface area contributed by atoms with Crippen molar-refractivity contribution in [1.29, 1.82) is 0 Å². The Labute approximate surface area is 99.9 Å². The van der Waals surface area contributed by atoms with Gasteiger partial charge in [0.15, 0.2) is 6.20 Å². The Kier molecular flexibility index (Phi) is 3.72. The topological polar surface area (TPSA) is 15.9 Å². The summed E-state index contributed by atoms with van der Waals surface area (Å²) in [5, 5.41) is 6.61. The van der Waals surface area contributed by atoms with Crippen LogP contribution in [0.4, 0.5) is 5.69 Å². The number of hydrogen-bond donors (Lipinski definition) is 1. The molecule has 82 valence electrons. The fourth-order valence-electron chi connectivity index (χ4n) is 1.45. The number of rotatable bonds is 4. The molecule has 2 nitrogen and oxygen atoms in total. The molecular weight excluding hydrogens is 216 g/mol. The van der Waals surface area contributed by atoms with Crippen molar-refractivity contribution in [3.63, 3.8) is 0 Å². The summed E-state index contributed by atoms with van der Waals surface area (Å²) in [7, 11) is 0. The van der Waals surface area contributed by atoms with Gasteiger partial charge in [-0.1, -0.05) is 29.5 Å². The number of nitrogens with one attached hydrogen (secondary N) is 1. The zero-order valence-electron chi connectivity index (χ0n) is 9.26. The molecular formula is C13H15N2S+. The minimum absolute atomic E-state index is 1.01. The van der Waals surface area contributed by atoms with Gasteiger partial charge >= 0.3 is 0 Å². The van der Waals surface area contributed by atoms with E-state index < -0.39 is 0 Å². The molecule has 0 spiro atoms. The van der Waals surface area contributed by atoms with Crippen LogP contribution in [0.5, 0.6) is 0 Å². The second-order valence-corrected chi connectivity index (χ2v) is 4.30. The standard InChI is InChI=1S/C13H14N2S/c1-2-15-10-11-16-13(15)8-9-14-12-6-4-3-5-7-12/h3-11H,2H2,1H3/p+1. The van der Waals surface area contributed by atoms with Crippen molar-refractivity contribution in [2.45, 2.75) is 13.5 Å². The van der Waals surface area contributed by atoms with E-state index in [0.29, 0.717) is 0 Å². The highest BCUT2D eigenvalue weighted by molar-refractivity contribution is 7.10. The molecule has 0 aliphatic carbocycles. The number of aryl methyl sites for hydroxylation is 1. The van der Waals surface area contributed by atoms with Crippen molar-refractivity contribution >= 4 is 23.1 Å². The Bertz CT molecular complexity index is 460. The second-order valence-electron chi connectivity index (χ2n) is 3.37. The normalized spacial score (nSPS) is 10.8. The van der Waals surface area contributed by atoms with E-state index in [4.69, 9.17) is 0 Å². The molecule has 16 heavy (non-hydrogen) atoms. The molecule has 1 aromatic heterocycles. The Hall–Kier alpha value is -1.61. The first-order valence-corrected chi connectivity index (χ1v) is 6.23. The number of para-hydroxylation sites is 1. The smallest absolute Gasteiger partial charge is 0.263 e. The predicted octanol–water partition coefficient (Wildman–Crippen LogP) is 3.14. The number of nitrogens with zero attached hydrogens (tertiary/aromatic N) is 1. The molecule has 1 heterocycles. The van der Waals surface area contributed by atoms with E-state index in [-0.39, 0.29) is 0 Å². The predicted molar refractivity (Wildman–Crippen MR) is 69.3 cm³/mol. The van der Waals surface area contributed by atoms with E-state index in [1.165, 1.54) is 5.01 Å². The highest BCUT2D eigenvalue weighted by Crippen LogP contribution is 2.07. The molecule has 0 aliphatic rings. The van der Waals surface area contributed by atoms with E-state index >= 15 is 0 Å². The van der Waals surface area contributed by atoms with E-state index in [0.717, 1.165) is 12.2 Å². The number of thiazole rings is 1. The summed E-state index contributed by atoms with van der Waals surface area (Å²) in [5.74, 6) is 0. The van der Waals surface area contributed by atoms with Gasteiger partial charge in [-0.25, -0.2) is 0 Å². The maximum Gasteiger partial charge on any atom is 0.263 e. The summed E-state index contributed by atoms with van der Waals surface area (Å²) in [6.45, 7) is 3.16. The van der Waals surface area contributed by atoms with Crippen LogP contribution in [-0.4, -0.2) is 0 Å². The first-order chi connectivity index (χ1) is 7.90. The highest BCUT2D eigenvalue weighted by Gasteiger charge is 2.04. The molecule has 0 bridgehead atoms. The number of benzene rings is 1. The largest absolute Gasteiger partial charge is 0.361 e. The molecule has 1 N–H and O–H groups in total. The molecule has 0 radical (unpaired) electrons. The summed E-state index contributed by atoms with van der Waals surface area (Å²) in [5.41, 5.74) is 1.11. The van der Waals surface area contributed by atoms with E-state index in [9.17, 15) is 0 Å². The summed E-state index contributed by atoms with van der Waals surface area (Å²) in [6.07, 6.45) is 6.18. The first kappa shape index (κ1) is 10.9. The van der Waals surface area contributed by atoms with Gasteiger partial charge in [0.05, 0.1) is 5.38 Å². The van der Waals surface area contributed by atoms with Crippen molar-refractivity contribution < 1.29 is 4.57 Å². The third-order valence-electron chi connectivity index (χ3n) is 2.30. The Balaban J connectivity index is 2.00. The van der Waals surface area contributed by atoms with Gasteiger partial charge in [0.2, 0.25) is 0 Å². The molecule has 0 aliphatic heterocycles. The van der Waals surface area contributed by atoms with Gasteiger partial charge in [0.25, 0.3) is 5.01 Å². The zero-order valence-corrected chi connectivity index (χ0v) is 10.1. The Morgan fingerprint density at radius 2 is 2.12 bits per heavy atom. The summed E-state index contributed by atoms with van der Waals surface area (Å²) in [6, 6.07) is 10.2. The van der Waals surface area contributed by atoms with Gasteiger partial charge in [-0.2, -0.15) is 4.57 Å². The van der Waals surface area contributed by atoms with Gasteiger partial charge in [-0.15, -0.1) is 0 Å². The Morgan fingerprint density at radius 1 is 1.31 bits per heavy atom. The molecule has 0 saturated heterocycles. The van der Waals surface area contributed by atoms with Gasteiger partial charge in [-0.05, 0) is 19.1 Å². The molecule has 0 fully saturated rings. The molecule has 1 aromatic carbocycles. The molecule has 0 atom stereocenters. The van der Waals surface area contributed by atoms with Gasteiger partial charge in [-0.3, -0.25) is 0 Å². The quantitative estimate of drug-likeness (QED) is 0.799. The molecule has 0 amide bonds. The maximum atomic E-state index is 3.25. The second kappa shape index (κ2) is 5.47.